The Hall–Kier alpha value is -1.09. The Morgan fingerprint density at radius 3 is 2.38 bits per heavy atom. The van der Waals surface area contributed by atoms with Crippen LogP contribution in [0.3, 0.4) is 0 Å². The summed E-state index contributed by atoms with van der Waals surface area (Å²) < 4.78 is 25.1. The highest BCUT2D eigenvalue weighted by Crippen LogP contribution is 2.21. The summed E-state index contributed by atoms with van der Waals surface area (Å²) >= 11 is 0. The monoisotopic (exact) mass is 308 g/mol. The molecule has 0 aliphatic carbocycles. The van der Waals surface area contributed by atoms with E-state index in [1.54, 1.807) is 0 Å². The Bertz CT molecular complexity index is 544. The van der Waals surface area contributed by atoms with Crippen LogP contribution in [0.2, 0.25) is 0 Å². The quantitative estimate of drug-likeness (QED) is 0.463. The molecule has 0 N–H and O–H groups in total. The van der Waals surface area contributed by atoms with Gasteiger partial charge in [-0.1, -0.05) is 44.9 Å². The Morgan fingerprint density at radius 2 is 1.76 bits per heavy atom. The normalized spacial score (nSPS) is 11.5. The summed E-state index contributed by atoms with van der Waals surface area (Å²) in [6, 6.07) is 5.87. The summed E-state index contributed by atoms with van der Waals surface area (Å²) in [7, 11) is -3.15. The first-order valence-corrected chi connectivity index (χ1v) is 9.65. The lowest BCUT2D eigenvalue weighted by Gasteiger charge is -2.11. The standard InChI is InChI=1S/C18H28O2S/c1-4-7-8-9-10-11-14-21(19,20)18-15-16(5-2)12-13-17(18)6-3/h4,12-13,15H,1,5-11,14H2,2-3H3. The second kappa shape index (κ2) is 9.04. The molecule has 0 aromatic heterocycles. The van der Waals surface area contributed by atoms with Gasteiger partial charge in [0, 0.05) is 0 Å². The van der Waals surface area contributed by atoms with Gasteiger partial charge in [-0.15, -0.1) is 6.58 Å². The molecule has 1 aromatic carbocycles. The maximum absolute atomic E-state index is 12.6. The van der Waals surface area contributed by atoms with Crippen molar-refractivity contribution in [1.29, 1.82) is 0 Å². The van der Waals surface area contributed by atoms with Gasteiger partial charge in [-0.05, 0) is 49.3 Å². The third kappa shape index (κ3) is 5.66. The first-order valence-electron chi connectivity index (χ1n) is 8.00. The number of hydrogen-bond donors (Lipinski definition) is 0. The molecule has 0 unspecified atom stereocenters. The summed E-state index contributed by atoms with van der Waals surface area (Å²) in [4.78, 5) is 0.551. The van der Waals surface area contributed by atoms with E-state index in [1.165, 1.54) is 0 Å². The van der Waals surface area contributed by atoms with Gasteiger partial charge >= 0.3 is 0 Å². The molecule has 3 heteroatoms. The molecule has 0 aliphatic rings. The molecule has 0 saturated carbocycles. The van der Waals surface area contributed by atoms with Crippen LogP contribution in [0.4, 0.5) is 0 Å². The van der Waals surface area contributed by atoms with Crippen LogP contribution < -0.4 is 0 Å². The minimum atomic E-state index is -3.15. The van der Waals surface area contributed by atoms with Crippen molar-refractivity contribution in [3.63, 3.8) is 0 Å². The smallest absolute Gasteiger partial charge is 0.178 e. The number of sulfone groups is 1. The van der Waals surface area contributed by atoms with E-state index >= 15 is 0 Å². The molecule has 0 radical (unpaired) electrons. The van der Waals surface area contributed by atoms with Crippen molar-refractivity contribution in [1.82, 2.24) is 0 Å². The zero-order valence-electron chi connectivity index (χ0n) is 13.4. The van der Waals surface area contributed by atoms with Gasteiger partial charge in [-0.2, -0.15) is 0 Å². The van der Waals surface area contributed by atoms with Crippen LogP contribution in [0.15, 0.2) is 35.7 Å². The van der Waals surface area contributed by atoms with Crippen LogP contribution in [-0.4, -0.2) is 14.2 Å². The largest absolute Gasteiger partial charge is 0.224 e. The van der Waals surface area contributed by atoms with E-state index in [0.29, 0.717) is 4.90 Å². The predicted molar refractivity (Wildman–Crippen MR) is 90.5 cm³/mol. The zero-order chi connectivity index (χ0) is 15.7. The maximum Gasteiger partial charge on any atom is 0.178 e. The molecule has 1 aromatic rings. The molecule has 21 heavy (non-hydrogen) atoms. The van der Waals surface area contributed by atoms with Crippen molar-refractivity contribution >= 4 is 9.84 Å². The fourth-order valence-electron chi connectivity index (χ4n) is 2.44. The van der Waals surface area contributed by atoms with Gasteiger partial charge < -0.3 is 0 Å². The number of aryl methyl sites for hydroxylation is 2. The molecule has 0 aliphatic heterocycles. The molecule has 0 amide bonds. The van der Waals surface area contributed by atoms with Crippen LogP contribution in [0.25, 0.3) is 0 Å². The highest BCUT2D eigenvalue weighted by molar-refractivity contribution is 7.91. The van der Waals surface area contributed by atoms with Gasteiger partial charge in [-0.3, -0.25) is 0 Å². The van der Waals surface area contributed by atoms with Gasteiger partial charge in [0.2, 0.25) is 0 Å². The fourth-order valence-corrected chi connectivity index (χ4v) is 4.19. The highest BCUT2D eigenvalue weighted by atomic mass is 32.2. The summed E-state index contributed by atoms with van der Waals surface area (Å²) in [6.45, 7) is 7.76. The number of unbranched alkanes of at least 4 members (excludes halogenated alkanes) is 4. The first kappa shape index (κ1) is 18.0. The summed E-state index contributed by atoms with van der Waals surface area (Å²) in [5.41, 5.74) is 2.04. The van der Waals surface area contributed by atoms with E-state index in [9.17, 15) is 8.42 Å². The number of rotatable bonds is 10. The molecule has 0 spiro atoms. The fraction of sp³-hybridized carbons (Fsp3) is 0.556. The Kier molecular flexibility index (Phi) is 7.73. The highest BCUT2D eigenvalue weighted by Gasteiger charge is 2.18. The van der Waals surface area contributed by atoms with Crippen LogP contribution in [0.1, 0.15) is 57.1 Å². The molecule has 118 valence electrons. The Labute approximate surface area is 130 Å². The molecule has 2 nitrogen and oxygen atoms in total. The number of allylic oxidation sites excluding steroid dienone is 1. The van der Waals surface area contributed by atoms with Gasteiger partial charge in [0.15, 0.2) is 9.84 Å². The van der Waals surface area contributed by atoms with Gasteiger partial charge in [0.25, 0.3) is 0 Å². The average molecular weight is 308 g/mol. The average Bonchev–Trinajstić information content (AvgIpc) is 2.50. The molecule has 0 saturated heterocycles. The molecule has 0 atom stereocenters. The van der Waals surface area contributed by atoms with Crippen LogP contribution >= 0.6 is 0 Å². The maximum atomic E-state index is 12.6. The second-order valence-electron chi connectivity index (χ2n) is 5.46. The molecule has 1 rings (SSSR count). The Morgan fingerprint density at radius 1 is 1.05 bits per heavy atom. The molecule has 0 heterocycles. The van der Waals surface area contributed by atoms with E-state index in [4.69, 9.17) is 0 Å². The van der Waals surface area contributed by atoms with E-state index in [0.717, 1.165) is 56.1 Å². The minimum Gasteiger partial charge on any atom is -0.224 e. The molecule has 0 bridgehead atoms. The second-order valence-corrected chi connectivity index (χ2v) is 7.54. The van der Waals surface area contributed by atoms with Gasteiger partial charge in [0.05, 0.1) is 10.6 Å². The van der Waals surface area contributed by atoms with Crippen molar-refractivity contribution < 1.29 is 8.42 Å². The number of hydrogen-bond acceptors (Lipinski definition) is 2. The topological polar surface area (TPSA) is 34.1 Å². The first-order chi connectivity index (χ1) is 10.0. The van der Waals surface area contributed by atoms with Crippen molar-refractivity contribution in [3.05, 3.63) is 42.0 Å². The van der Waals surface area contributed by atoms with Crippen molar-refractivity contribution in [3.8, 4) is 0 Å². The van der Waals surface area contributed by atoms with E-state index in [1.807, 2.05) is 31.2 Å². The predicted octanol–water partition coefficient (Wildman–Crippen LogP) is 4.72. The lowest BCUT2D eigenvalue weighted by atomic mass is 10.1. The third-order valence-electron chi connectivity index (χ3n) is 3.83. The Balaban J connectivity index is 2.71. The lowest BCUT2D eigenvalue weighted by molar-refractivity contribution is 0.586. The minimum absolute atomic E-state index is 0.265. The van der Waals surface area contributed by atoms with Crippen LogP contribution in [-0.2, 0) is 22.7 Å². The van der Waals surface area contributed by atoms with E-state index < -0.39 is 9.84 Å². The summed E-state index contributed by atoms with van der Waals surface area (Å²) in [6.07, 6.45) is 8.48. The number of benzene rings is 1. The van der Waals surface area contributed by atoms with E-state index in [2.05, 4.69) is 13.5 Å². The van der Waals surface area contributed by atoms with Crippen LogP contribution in [0, 0.1) is 0 Å². The molecule has 0 fully saturated rings. The van der Waals surface area contributed by atoms with Crippen molar-refractivity contribution in [2.45, 2.75) is 63.7 Å². The zero-order valence-corrected chi connectivity index (χ0v) is 14.2. The molecular formula is C18H28O2S. The van der Waals surface area contributed by atoms with Gasteiger partial charge in [-0.25, -0.2) is 8.42 Å². The lowest BCUT2D eigenvalue weighted by Crippen LogP contribution is -2.10. The van der Waals surface area contributed by atoms with Crippen molar-refractivity contribution in [2.24, 2.45) is 0 Å². The van der Waals surface area contributed by atoms with Crippen molar-refractivity contribution in [2.75, 3.05) is 5.75 Å². The van der Waals surface area contributed by atoms with Gasteiger partial charge in [0.1, 0.15) is 0 Å². The third-order valence-corrected chi connectivity index (χ3v) is 5.70. The molecular weight excluding hydrogens is 280 g/mol. The van der Waals surface area contributed by atoms with E-state index in [-0.39, 0.29) is 5.75 Å². The van der Waals surface area contributed by atoms with Crippen LogP contribution in [0.5, 0.6) is 0 Å². The summed E-state index contributed by atoms with van der Waals surface area (Å²) in [5.74, 6) is 0.265. The summed E-state index contributed by atoms with van der Waals surface area (Å²) in [5, 5.41) is 0. The SMILES string of the molecule is C=CCCCCCCS(=O)(=O)c1cc(CC)ccc1CC.